The molecule has 3 rings (SSSR count). The summed E-state index contributed by atoms with van der Waals surface area (Å²) in [5.74, 6) is 0. The normalized spacial score (nSPS) is 11.4. The smallest absolute Gasteiger partial charge is 0.100 e. The third-order valence-corrected chi connectivity index (χ3v) is 3.76. The van der Waals surface area contributed by atoms with Crippen LogP contribution < -0.4 is 5.32 Å². The number of nitrogens with zero attached hydrogens (tertiary/aromatic N) is 2. The molecule has 0 aliphatic heterocycles. The van der Waals surface area contributed by atoms with Gasteiger partial charge in [-0.15, -0.1) is 0 Å². The van der Waals surface area contributed by atoms with Gasteiger partial charge in [-0.1, -0.05) is 32.0 Å². The van der Waals surface area contributed by atoms with Gasteiger partial charge in [0.2, 0.25) is 0 Å². The molecule has 0 aliphatic rings. The highest BCUT2D eigenvalue weighted by molar-refractivity contribution is 5.77. The minimum atomic E-state index is 0.502. The molecular weight excluding hydrogens is 258 g/mol. The Bertz CT molecular complexity index is 756. The molecule has 0 saturated heterocycles. The Morgan fingerprint density at radius 3 is 2.71 bits per heavy atom. The fraction of sp³-hybridized carbons (Fsp3) is 0.278. The average Bonchev–Trinajstić information content (AvgIpc) is 2.89. The number of aromatic nitrogens is 2. The van der Waals surface area contributed by atoms with E-state index in [-0.39, 0.29) is 0 Å². The third-order valence-electron chi connectivity index (χ3n) is 3.76. The van der Waals surface area contributed by atoms with Crippen molar-refractivity contribution in [3.8, 4) is 5.69 Å². The molecule has 108 valence electrons. The zero-order chi connectivity index (χ0) is 14.8. The maximum Gasteiger partial charge on any atom is 0.100 e. The predicted molar refractivity (Wildman–Crippen MR) is 87.8 cm³/mol. The molecule has 0 amide bonds. The quantitative estimate of drug-likeness (QED) is 0.786. The summed E-state index contributed by atoms with van der Waals surface area (Å²) in [5.41, 5.74) is 5.98. The van der Waals surface area contributed by atoms with Crippen molar-refractivity contribution in [3.05, 3.63) is 59.9 Å². The number of aryl methyl sites for hydroxylation is 1. The van der Waals surface area contributed by atoms with Crippen LogP contribution in [0.4, 0.5) is 0 Å². The van der Waals surface area contributed by atoms with E-state index < -0.39 is 0 Å². The minimum Gasteiger partial charge on any atom is -0.310 e. The summed E-state index contributed by atoms with van der Waals surface area (Å²) in [4.78, 5) is 4.46. The van der Waals surface area contributed by atoms with Gasteiger partial charge in [0, 0.05) is 18.3 Å². The van der Waals surface area contributed by atoms with Crippen molar-refractivity contribution in [2.75, 3.05) is 0 Å². The Kier molecular flexibility index (Phi) is 3.76. The molecule has 0 atom stereocenters. The van der Waals surface area contributed by atoms with Crippen molar-refractivity contribution in [2.24, 2.45) is 0 Å². The van der Waals surface area contributed by atoms with Gasteiger partial charge in [0.25, 0.3) is 0 Å². The van der Waals surface area contributed by atoms with E-state index in [2.05, 4.69) is 59.9 Å². The lowest BCUT2D eigenvalue weighted by Gasteiger charge is -2.12. The van der Waals surface area contributed by atoms with Gasteiger partial charge < -0.3 is 5.32 Å². The molecule has 3 heteroatoms. The lowest BCUT2D eigenvalue weighted by molar-refractivity contribution is 0.587. The molecule has 1 aromatic heterocycles. The van der Waals surface area contributed by atoms with E-state index in [0.29, 0.717) is 6.04 Å². The van der Waals surface area contributed by atoms with Gasteiger partial charge in [-0.2, -0.15) is 0 Å². The van der Waals surface area contributed by atoms with Gasteiger partial charge in [0.15, 0.2) is 0 Å². The third kappa shape index (κ3) is 2.83. The van der Waals surface area contributed by atoms with Crippen molar-refractivity contribution in [3.63, 3.8) is 0 Å². The molecule has 3 aromatic rings. The lowest BCUT2D eigenvalue weighted by Crippen LogP contribution is -2.22. The highest BCUT2D eigenvalue weighted by Crippen LogP contribution is 2.20. The Morgan fingerprint density at radius 2 is 1.95 bits per heavy atom. The highest BCUT2D eigenvalue weighted by Gasteiger charge is 2.06. The lowest BCUT2D eigenvalue weighted by atomic mass is 10.1. The van der Waals surface area contributed by atoms with Gasteiger partial charge in [0.1, 0.15) is 6.33 Å². The van der Waals surface area contributed by atoms with E-state index in [1.54, 1.807) is 0 Å². The van der Waals surface area contributed by atoms with Crippen LogP contribution in [0.1, 0.15) is 25.0 Å². The summed E-state index contributed by atoms with van der Waals surface area (Å²) in [7, 11) is 0. The van der Waals surface area contributed by atoms with Crippen LogP contribution in [0.5, 0.6) is 0 Å². The van der Waals surface area contributed by atoms with Crippen LogP contribution in [-0.4, -0.2) is 15.6 Å². The first-order chi connectivity index (χ1) is 10.1. The highest BCUT2D eigenvalue weighted by atomic mass is 15.0. The van der Waals surface area contributed by atoms with Crippen molar-refractivity contribution in [1.29, 1.82) is 0 Å². The fourth-order valence-corrected chi connectivity index (χ4v) is 2.51. The molecular formula is C18H21N3. The van der Waals surface area contributed by atoms with Crippen molar-refractivity contribution in [2.45, 2.75) is 33.4 Å². The Morgan fingerprint density at radius 1 is 1.14 bits per heavy atom. The first-order valence-electron chi connectivity index (χ1n) is 7.40. The van der Waals surface area contributed by atoms with Crippen LogP contribution in [-0.2, 0) is 6.54 Å². The molecule has 0 bridgehead atoms. The predicted octanol–water partition coefficient (Wildman–Crippen LogP) is 3.83. The van der Waals surface area contributed by atoms with Crippen LogP contribution in [0.15, 0.2) is 48.8 Å². The second kappa shape index (κ2) is 5.70. The summed E-state index contributed by atoms with van der Waals surface area (Å²) in [6.45, 7) is 7.41. The average molecular weight is 279 g/mol. The molecule has 0 saturated carbocycles. The zero-order valence-electron chi connectivity index (χ0n) is 12.8. The molecule has 0 fully saturated rings. The van der Waals surface area contributed by atoms with Gasteiger partial charge in [0.05, 0.1) is 11.0 Å². The van der Waals surface area contributed by atoms with Crippen LogP contribution in [0, 0.1) is 6.92 Å². The second-order valence-corrected chi connectivity index (χ2v) is 5.75. The second-order valence-electron chi connectivity index (χ2n) is 5.75. The number of fused-ring (bicyclic) bond motifs is 1. The summed E-state index contributed by atoms with van der Waals surface area (Å²) < 4.78 is 2.14. The van der Waals surface area contributed by atoms with Crippen molar-refractivity contribution < 1.29 is 0 Å². The molecule has 1 N–H and O–H groups in total. The Hall–Kier alpha value is -2.13. The summed E-state index contributed by atoms with van der Waals surface area (Å²) in [6.07, 6.45) is 1.89. The van der Waals surface area contributed by atoms with Crippen molar-refractivity contribution >= 4 is 11.0 Å². The first kappa shape index (κ1) is 13.8. The summed E-state index contributed by atoms with van der Waals surface area (Å²) in [6, 6.07) is 15.3. The molecule has 0 spiro atoms. The van der Waals surface area contributed by atoms with E-state index in [1.807, 2.05) is 24.5 Å². The van der Waals surface area contributed by atoms with Crippen LogP contribution in [0.25, 0.3) is 16.7 Å². The number of imidazole rings is 1. The van der Waals surface area contributed by atoms with E-state index in [1.165, 1.54) is 11.1 Å². The summed E-state index contributed by atoms with van der Waals surface area (Å²) in [5, 5.41) is 3.47. The Balaban J connectivity index is 1.95. The number of hydrogen-bond donors (Lipinski definition) is 1. The van der Waals surface area contributed by atoms with Gasteiger partial charge in [-0.3, -0.25) is 4.57 Å². The molecule has 0 unspecified atom stereocenters. The number of hydrogen-bond acceptors (Lipinski definition) is 2. The topological polar surface area (TPSA) is 29.9 Å². The van der Waals surface area contributed by atoms with Gasteiger partial charge >= 0.3 is 0 Å². The van der Waals surface area contributed by atoms with Gasteiger partial charge in [-0.05, 0) is 42.3 Å². The largest absolute Gasteiger partial charge is 0.310 e. The minimum absolute atomic E-state index is 0.502. The number of rotatable bonds is 4. The van der Waals surface area contributed by atoms with E-state index in [4.69, 9.17) is 0 Å². The summed E-state index contributed by atoms with van der Waals surface area (Å²) >= 11 is 0. The monoisotopic (exact) mass is 279 g/mol. The van der Waals surface area contributed by atoms with E-state index in [0.717, 1.165) is 23.3 Å². The fourth-order valence-electron chi connectivity index (χ4n) is 2.51. The van der Waals surface area contributed by atoms with E-state index in [9.17, 15) is 0 Å². The van der Waals surface area contributed by atoms with Crippen LogP contribution in [0.2, 0.25) is 0 Å². The molecule has 3 nitrogen and oxygen atoms in total. The van der Waals surface area contributed by atoms with Crippen molar-refractivity contribution in [1.82, 2.24) is 14.9 Å². The maximum absolute atomic E-state index is 4.46. The van der Waals surface area contributed by atoms with Gasteiger partial charge in [-0.25, -0.2) is 4.98 Å². The maximum atomic E-state index is 4.46. The van der Waals surface area contributed by atoms with Crippen LogP contribution in [0.3, 0.4) is 0 Å². The zero-order valence-corrected chi connectivity index (χ0v) is 12.8. The molecule has 0 aliphatic carbocycles. The first-order valence-corrected chi connectivity index (χ1v) is 7.40. The SMILES string of the molecule is Cc1cc(-n2cnc3ccccc32)ccc1CNC(C)C. The Labute approximate surface area is 125 Å². The standard InChI is InChI=1S/C18H21N3/c1-13(2)19-11-15-8-9-16(10-14(15)3)21-12-20-17-6-4-5-7-18(17)21/h4-10,12-13,19H,11H2,1-3H3. The van der Waals surface area contributed by atoms with Crippen LogP contribution >= 0.6 is 0 Å². The number of benzene rings is 2. The molecule has 21 heavy (non-hydrogen) atoms. The molecule has 0 radical (unpaired) electrons. The van der Waals surface area contributed by atoms with E-state index >= 15 is 0 Å². The molecule has 2 aromatic carbocycles. The molecule has 1 heterocycles. The number of para-hydroxylation sites is 2. The number of nitrogens with one attached hydrogen (secondary N) is 1.